The molecule has 0 aliphatic carbocycles. The summed E-state index contributed by atoms with van der Waals surface area (Å²) in [6.07, 6.45) is 3.08. The standard InChI is InChI=1S/C36H44N4O5Si/c1-24-35(44-3)29-21-26(40-20-18-34(40)42)11-16-32(29)45-36(24)33(46(4,5)28-14-12-27(43-2)13-15-28)17-19-39-22-31(37-38-39)30(23-41)25-9-7-6-8-10-25/h6-16,21-22,24,30,33,35-36,41H,17-20,23H2,1-5H3/t24-,30?,33?,35-,36-/m1/s1. The number of fused-ring (bicyclic) bond motifs is 1. The normalized spacial score (nSPS) is 20.8. The highest BCUT2D eigenvalue weighted by Gasteiger charge is 2.47. The van der Waals surface area contributed by atoms with Gasteiger partial charge in [-0.3, -0.25) is 9.48 Å². The number of anilines is 1. The zero-order chi connectivity index (χ0) is 32.4. The summed E-state index contributed by atoms with van der Waals surface area (Å²) < 4.78 is 20.5. The molecule has 0 spiro atoms. The molecule has 9 nitrogen and oxygen atoms in total. The Hall–Kier alpha value is -3.99. The van der Waals surface area contributed by atoms with Gasteiger partial charge in [0.2, 0.25) is 5.91 Å². The van der Waals surface area contributed by atoms with Gasteiger partial charge in [-0.2, -0.15) is 0 Å². The number of nitrogens with zero attached hydrogens (tertiary/aromatic N) is 4. The first kappa shape index (κ1) is 32.0. The van der Waals surface area contributed by atoms with Crippen LogP contribution in [0, 0.1) is 5.92 Å². The third-order valence-electron chi connectivity index (χ3n) is 10.1. The van der Waals surface area contributed by atoms with E-state index in [1.165, 1.54) is 5.19 Å². The van der Waals surface area contributed by atoms with Crippen molar-refractivity contribution in [2.75, 3.05) is 32.3 Å². The van der Waals surface area contributed by atoms with Crippen LogP contribution in [0.25, 0.3) is 0 Å². The maximum Gasteiger partial charge on any atom is 0.228 e. The van der Waals surface area contributed by atoms with Crippen LogP contribution in [-0.2, 0) is 16.1 Å². The van der Waals surface area contributed by atoms with Gasteiger partial charge in [0.05, 0.1) is 39.5 Å². The molecule has 1 saturated heterocycles. The first-order valence-electron chi connectivity index (χ1n) is 16.1. The molecule has 1 amide bonds. The first-order valence-corrected chi connectivity index (χ1v) is 19.2. The fraction of sp³-hybridized carbons (Fsp3) is 0.417. The molecule has 10 heteroatoms. The number of ether oxygens (including phenoxy) is 3. The molecule has 1 N–H and O–H groups in total. The predicted molar refractivity (Wildman–Crippen MR) is 181 cm³/mol. The number of carbonyl (C=O) groups excluding carboxylic acids is 1. The van der Waals surface area contributed by atoms with E-state index in [4.69, 9.17) is 14.2 Å². The largest absolute Gasteiger partial charge is 0.497 e. The van der Waals surface area contributed by atoms with E-state index in [-0.39, 0.29) is 42.1 Å². The van der Waals surface area contributed by atoms with E-state index in [1.807, 2.05) is 70.4 Å². The van der Waals surface area contributed by atoms with E-state index < -0.39 is 8.07 Å². The summed E-state index contributed by atoms with van der Waals surface area (Å²) in [7, 11) is 1.26. The summed E-state index contributed by atoms with van der Waals surface area (Å²) in [4.78, 5) is 14.0. The lowest BCUT2D eigenvalue weighted by atomic mass is 9.86. The number of aromatic nitrogens is 3. The lowest BCUT2D eigenvalue weighted by Crippen LogP contribution is -2.54. The van der Waals surface area contributed by atoms with Crippen LogP contribution in [0.5, 0.6) is 11.5 Å². The number of amides is 1. The summed E-state index contributed by atoms with van der Waals surface area (Å²) in [5.74, 6) is 1.62. The second kappa shape index (κ2) is 13.4. The fourth-order valence-corrected chi connectivity index (χ4v) is 10.7. The van der Waals surface area contributed by atoms with Gasteiger partial charge in [0.25, 0.3) is 0 Å². The number of hydrogen-bond donors (Lipinski definition) is 1. The number of benzene rings is 3. The lowest BCUT2D eigenvalue weighted by Gasteiger charge is -2.46. The van der Waals surface area contributed by atoms with Crippen LogP contribution in [0.15, 0.2) is 79.0 Å². The average Bonchev–Trinajstić information content (AvgIpc) is 3.53. The number of β-lactam (4-membered cyclic amide) rings is 1. The zero-order valence-corrected chi connectivity index (χ0v) is 28.3. The molecule has 1 aromatic heterocycles. The molecule has 2 aliphatic rings. The average molecular weight is 641 g/mol. The Labute approximate surface area is 272 Å². The molecule has 6 rings (SSSR count). The van der Waals surface area contributed by atoms with E-state index >= 15 is 0 Å². The van der Waals surface area contributed by atoms with E-state index in [2.05, 4.69) is 48.5 Å². The van der Waals surface area contributed by atoms with Crippen LogP contribution >= 0.6 is 0 Å². The van der Waals surface area contributed by atoms with Gasteiger partial charge in [-0.25, -0.2) is 0 Å². The molecule has 46 heavy (non-hydrogen) atoms. The van der Waals surface area contributed by atoms with Crippen molar-refractivity contribution in [1.82, 2.24) is 15.0 Å². The molecule has 2 aliphatic heterocycles. The van der Waals surface area contributed by atoms with E-state index in [1.54, 1.807) is 14.2 Å². The van der Waals surface area contributed by atoms with Gasteiger partial charge in [0.15, 0.2) is 0 Å². The second-order valence-corrected chi connectivity index (χ2v) is 17.8. The Morgan fingerprint density at radius 2 is 1.83 bits per heavy atom. The smallest absolute Gasteiger partial charge is 0.228 e. The van der Waals surface area contributed by atoms with Crippen LogP contribution in [0.2, 0.25) is 18.6 Å². The van der Waals surface area contributed by atoms with Crippen LogP contribution in [0.3, 0.4) is 0 Å². The number of aryl methyl sites for hydroxylation is 1. The van der Waals surface area contributed by atoms with Gasteiger partial charge in [-0.05, 0) is 47.9 Å². The van der Waals surface area contributed by atoms with Crippen molar-refractivity contribution in [1.29, 1.82) is 0 Å². The highest BCUT2D eigenvalue weighted by atomic mass is 28.3. The second-order valence-electron chi connectivity index (χ2n) is 13.0. The minimum absolute atomic E-state index is 0.0401. The summed E-state index contributed by atoms with van der Waals surface area (Å²) >= 11 is 0. The van der Waals surface area contributed by atoms with Crippen molar-refractivity contribution in [3.05, 3.63) is 95.8 Å². The van der Waals surface area contributed by atoms with Crippen molar-refractivity contribution >= 4 is 24.9 Å². The fourth-order valence-electron chi connectivity index (χ4n) is 7.20. The van der Waals surface area contributed by atoms with Crippen LogP contribution in [-0.4, -0.2) is 67.6 Å². The maximum atomic E-state index is 12.2. The third kappa shape index (κ3) is 6.09. The Balaban J connectivity index is 1.31. The Kier molecular flexibility index (Phi) is 9.31. The molecular formula is C36H44N4O5Si. The molecule has 0 bridgehead atoms. The van der Waals surface area contributed by atoms with Gasteiger partial charge < -0.3 is 24.2 Å². The molecule has 4 aromatic rings. The monoisotopic (exact) mass is 640 g/mol. The first-order chi connectivity index (χ1) is 22.2. The Bertz CT molecular complexity index is 1640. The number of hydrogen-bond acceptors (Lipinski definition) is 7. The van der Waals surface area contributed by atoms with Gasteiger partial charge in [-0.1, -0.05) is 72.9 Å². The summed E-state index contributed by atoms with van der Waals surface area (Å²) in [5, 5.41) is 20.5. The Morgan fingerprint density at radius 1 is 1.07 bits per heavy atom. The van der Waals surface area contributed by atoms with Gasteiger partial charge >= 0.3 is 0 Å². The summed E-state index contributed by atoms with van der Waals surface area (Å²) in [5.41, 5.74) is 3.84. The van der Waals surface area contributed by atoms with Crippen molar-refractivity contribution in [2.24, 2.45) is 5.92 Å². The molecular weight excluding hydrogens is 597 g/mol. The molecule has 3 aromatic carbocycles. The third-order valence-corrected chi connectivity index (χ3v) is 14.4. The van der Waals surface area contributed by atoms with Gasteiger partial charge in [0, 0.05) is 50.0 Å². The number of carbonyl (C=O) groups is 1. The zero-order valence-electron chi connectivity index (χ0n) is 27.3. The quantitative estimate of drug-likeness (QED) is 0.166. The van der Waals surface area contributed by atoms with E-state index in [9.17, 15) is 9.90 Å². The van der Waals surface area contributed by atoms with Crippen molar-refractivity contribution < 1.29 is 24.1 Å². The van der Waals surface area contributed by atoms with Crippen LogP contribution < -0.4 is 19.6 Å². The Morgan fingerprint density at radius 3 is 2.46 bits per heavy atom. The van der Waals surface area contributed by atoms with Crippen LogP contribution in [0.4, 0.5) is 5.69 Å². The van der Waals surface area contributed by atoms with E-state index in [0.717, 1.165) is 47.0 Å². The number of aliphatic hydroxyl groups excluding tert-OH is 1. The summed E-state index contributed by atoms with van der Waals surface area (Å²) in [6, 6.07) is 24.5. The van der Waals surface area contributed by atoms with Crippen LogP contribution in [0.1, 0.15) is 48.6 Å². The molecule has 0 radical (unpaired) electrons. The topological polar surface area (TPSA) is 98.9 Å². The van der Waals surface area contributed by atoms with Gasteiger partial charge in [-0.15, -0.1) is 5.10 Å². The minimum Gasteiger partial charge on any atom is -0.497 e. The summed E-state index contributed by atoms with van der Waals surface area (Å²) in [6.45, 7) is 8.40. The highest BCUT2D eigenvalue weighted by molar-refractivity contribution is 6.91. The number of aliphatic hydroxyl groups is 1. The van der Waals surface area contributed by atoms with Crippen molar-refractivity contribution in [3.8, 4) is 11.5 Å². The number of methoxy groups -OCH3 is 2. The molecule has 3 heterocycles. The molecule has 1 fully saturated rings. The minimum atomic E-state index is -2.19. The van der Waals surface area contributed by atoms with Crippen molar-refractivity contribution in [3.63, 3.8) is 0 Å². The van der Waals surface area contributed by atoms with Crippen molar-refractivity contribution in [2.45, 2.75) is 63.1 Å². The molecule has 5 atom stereocenters. The molecule has 242 valence electrons. The predicted octanol–water partition coefficient (Wildman–Crippen LogP) is 5.31. The highest BCUT2D eigenvalue weighted by Crippen LogP contribution is 2.48. The number of rotatable bonds is 12. The van der Waals surface area contributed by atoms with E-state index in [0.29, 0.717) is 13.0 Å². The molecule has 0 saturated carbocycles. The molecule has 2 unspecified atom stereocenters. The maximum absolute atomic E-state index is 12.2. The lowest BCUT2D eigenvalue weighted by molar-refractivity contribution is -0.122. The van der Waals surface area contributed by atoms with Gasteiger partial charge in [0.1, 0.15) is 17.6 Å². The SMILES string of the molecule is COc1ccc([Si](C)(C)C(CCn2cc(C(CO)c3ccccc3)nn2)[C@@H]2Oc3ccc(N4CCC4=O)cc3[C@H](OC)[C@H]2C)cc1.